The molecule has 1 N–H and O–H groups in total. The van der Waals surface area contributed by atoms with E-state index in [4.69, 9.17) is 0 Å². The quantitative estimate of drug-likeness (QED) is 0.843. The molecule has 2 aromatic rings. The van der Waals surface area contributed by atoms with Crippen molar-refractivity contribution in [3.05, 3.63) is 17.3 Å². The lowest BCUT2D eigenvalue weighted by Gasteiger charge is -2.15. The van der Waals surface area contributed by atoms with Crippen LogP contribution >= 0.6 is 11.3 Å². The molecule has 5 heteroatoms. The Balaban J connectivity index is 2.24. The van der Waals surface area contributed by atoms with Crippen LogP contribution in [0.15, 0.2) is 11.4 Å². The summed E-state index contributed by atoms with van der Waals surface area (Å²) in [5.41, 5.74) is 0. The first-order valence-corrected chi connectivity index (χ1v) is 7.79. The Hall–Kier alpha value is -1.20. The zero-order chi connectivity index (χ0) is 13.7. The molecule has 0 fully saturated rings. The SMILES string of the molecule is CCCNc1nc(CN(C)CCC)nc2sccc12. The molecular formula is C14H22N4S. The number of nitrogens with one attached hydrogen (secondary N) is 1. The molecule has 0 atom stereocenters. The Morgan fingerprint density at radius 2 is 2.11 bits per heavy atom. The Morgan fingerprint density at radius 1 is 1.26 bits per heavy atom. The van der Waals surface area contributed by atoms with Crippen LogP contribution in [0.5, 0.6) is 0 Å². The molecule has 0 aliphatic heterocycles. The van der Waals surface area contributed by atoms with Gasteiger partial charge < -0.3 is 5.32 Å². The second kappa shape index (κ2) is 6.82. The van der Waals surface area contributed by atoms with Gasteiger partial charge in [-0.15, -0.1) is 11.3 Å². The van der Waals surface area contributed by atoms with Gasteiger partial charge in [-0.05, 0) is 37.9 Å². The van der Waals surface area contributed by atoms with E-state index < -0.39 is 0 Å². The highest BCUT2D eigenvalue weighted by Crippen LogP contribution is 2.25. The maximum absolute atomic E-state index is 4.68. The Kier molecular flexibility index (Phi) is 5.10. The maximum Gasteiger partial charge on any atom is 0.146 e. The smallest absolute Gasteiger partial charge is 0.146 e. The van der Waals surface area contributed by atoms with Gasteiger partial charge in [0.15, 0.2) is 0 Å². The fourth-order valence-electron chi connectivity index (χ4n) is 2.05. The summed E-state index contributed by atoms with van der Waals surface area (Å²) in [7, 11) is 2.12. The molecule has 2 heterocycles. The van der Waals surface area contributed by atoms with Crippen LogP contribution in [0.1, 0.15) is 32.5 Å². The highest BCUT2D eigenvalue weighted by atomic mass is 32.1. The lowest BCUT2D eigenvalue weighted by atomic mass is 10.3. The standard InChI is InChI=1S/C14H22N4S/c1-4-7-15-13-11-6-9-19-14(11)17-12(16-13)10-18(3)8-5-2/h6,9H,4-5,7-8,10H2,1-3H3,(H,15,16,17). The molecule has 0 unspecified atom stereocenters. The summed E-state index contributed by atoms with van der Waals surface area (Å²) in [6.45, 7) is 7.18. The van der Waals surface area contributed by atoms with Gasteiger partial charge in [0, 0.05) is 6.54 Å². The van der Waals surface area contributed by atoms with E-state index in [0.717, 1.165) is 54.3 Å². The van der Waals surface area contributed by atoms with Crippen molar-refractivity contribution in [3.63, 3.8) is 0 Å². The predicted octanol–water partition coefficient (Wildman–Crippen LogP) is 3.36. The first kappa shape index (κ1) is 14.2. The van der Waals surface area contributed by atoms with Gasteiger partial charge in [-0.25, -0.2) is 9.97 Å². The molecule has 19 heavy (non-hydrogen) atoms. The van der Waals surface area contributed by atoms with Crippen molar-refractivity contribution in [2.75, 3.05) is 25.5 Å². The zero-order valence-corrected chi connectivity index (χ0v) is 12.8. The molecule has 0 spiro atoms. The third-order valence-electron chi connectivity index (χ3n) is 2.93. The summed E-state index contributed by atoms with van der Waals surface area (Å²) in [6, 6.07) is 2.09. The Bertz CT molecular complexity index is 523. The Labute approximate surface area is 118 Å². The highest BCUT2D eigenvalue weighted by Gasteiger charge is 2.09. The van der Waals surface area contributed by atoms with E-state index in [1.165, 1.54) is 0 Å². The molecule has 0 amide bonds. The minimum absolute atomic E-state index is 0.808. The first-order valence-electron chi connectivity index (χ1n) is 6.91. The molecule has 104 valence electrons. The van der Waals surface area contributed by atoms with Crippen LogP contribution in [0.2, 0.25) is 0 Å². The summed E-state index contributed by atoms with van der Waals surface area (Å²) in [4.78, 5) is 12.7. The van der Waals surface area contributed by atoms with Gasteiger partial charge in [0.05, 0.1) is 11.9 Å². The van der Waals surface area contributed by atoms with E-state index >= 15 is 0 Å². The number of hydrogen-bond donors (Lipinski definition) is 1. The average molecular weight is 278 g/mol. The van der Waals surface area contributed by atoms with Gasteiger partial charge in [0.2, 0.25) is 0 Å². The van der Waals surface area contributed by atoms with Crippen LogP contribution in [0.25, 0.3) is 10.2 Å². The lowest BCUT2D eigenvalue weighted by molar-refractivity contribution is 0.319. The van der Waals surface area contributed by atoms with Gasteiger partial charge in [-0.2, -0.15) is 0 Å². The van der Waals surface area contributed by atoms with Gasteiger partial charge in [0.1, 0.15) is 16.5 Å². The number of nitrogens with zero attached hydrogens (tertiary/aromatic N) is 3. The van der Waals surface area contributed by atoms with E-state index in [1.807, 2.05) is 0 Å². The van der Waals surface area contributed by atoms with Crippen LogP contribution in [-0.2, 0) is 6.54 Å². The molecule has 0 aliphatic rings. The number of hydrogen-bond acceptors (Lipinski definition) is 5. The largest absolute Gasteiger partial charge is 0.369 e. The summed E-state index contributed by atoms with van der Waals surface area (Å²) in [5.74, 6) is 1.89. The number of anilines is 1. The van der Waals surface area contributed by atoms with Gasteiger partial charge in [-0.1, -0.05) is 13.8 Å². The molecule has 0 aliphatic carbocycles. The van der Waals surface area contributed by atoms with Crippen LogP contribution in [0.3, 0.4) is 0 Å². The zero-order valence-electron chi connectivity index (χ0n) is 11.9. The topological polar surface area (TPSA) is 41.1 Å². The number of fused-ring (bicyclic) bond motifs is 1. The molecule has 0 bridgehead atoms. The summed E-state index contributed by atoms with van der Waals surface area (Å²) < 4.78 is 0. The normalized spacial score (nSPS) is 11.4. The summed E-state index contributed by atoms with van der Waals surface area (Å²) in [6.07, 6.45) is 2.25. The second-order valence-electron chi connectivity index (χ2n) is 4.79. The maximum atomic E-state index is 4.68. The first-order chi connectivity index (χ1) is 9.24. The fourth-order valence-corrected chi connectivity index (χ4v) is 2.83. The minimum atomic E-state index is 0.808. The Morgan fingerprint density at radius 3 is 2.84 bits per heavy atom. The third-order valence-corrected chi connectivity index (χ3v) is 3.74. The van der Waals surface area contributed by atoms with Crippen molar-refractivity contribution in [1.82, 2.24) is 14.9 Å². The van der Waals surface area contributed by atoms with E-state index in [2.05, 4.69) is 52.5 Å². The van der Waals surface area contributed by atoms with Crippen molar-refractivity contribution >= 4 is 27.4 Å². The van der Waals surface area contributed by atoms with Crippen LogP contribution in [0, 0.1) is 0 Å². The summed E-state index contributed by atoms with van der Waals surface area (Å²) >= 11 is 1.68. The predicted molar refractivity (Wildman–Crippen MR) is 82.8 cm³/mol. The molecule has 4 nitrogen and oxygen atoms in total. The van der Waals surface area contributed by atoms with Crippen molar-refractivity contribution in [3.8, 4) is 0 Å². The summed E-state index contributed by atoms with van der Waals surface area (Å²) in [5, 5.41) is 6.62. The monoisotopic (exact) mass is 278 g/mol. The molecule has 2 aromatic heterocycles. The van der Waals surface area contributed by atoms with Gasteiger partial charge in [0.25, 0.3) is 0 Å². The number of rotatable bonds is 7. The molecule has 0 radical (unpaired) electrons. The van der Waals surface area contributed by atoms with Gasteiger partial charge >= 0.3 is 0 Å². The van der Waals surface area contributed by atoms with Crippen LogP contribution < -0.4 is 5.32 Å². The average Bonchev–Trinajstić information content (AvgIpc) is 2.84. The van der Waals surface area contributed by atoms with Crippen molar-refractivity contribution < 1.29 is 0 Å². The molecular weight excluding hydrogens is 256 g/mol. The van der Waals surface area contributed by atoms with Crippen molar-refractivity contribution in [2.24, 2.45) is 0 Å². The minimum Gasteiger partial charge on any atom is -0.369 e. The fraction of sp³-hybridized carbons (Fsp3) is 0.571. The second-order valence-corrected chi connectivity index (χ2v) is 5.69. The van der Waals surface area contributed by atoms with Crippen LogP contribution in [-0.4, -0.2) is 35.0 Å². The third kappa shape index (κ3) is 3.64. The molecule has 0 aromatic carbocycles. The van der Waals surface area contributed by atoms with Crippen molar-refractivity contribution in [2.45, 2.75) is 33.2 Å². The van der Waals surface area contributed by atoms with E-state index in [-0.39, 0.29) is 0 Å². The number of thiophene rings is 1. The highest BCUT2D eigenvalue weighted by molar-refractivity contribution is 7.16. The molecule has 0 saturated carbocycles. The van der Waals surface area contributed by atoms with Crippen LogP contribution in [0.4, 0.5) is 5.82 Å². The molecule has 0 saturated heterocycles. The lowest BCUT2D eigenvalue weighted by Crippen LogP contribution is -2.20. The number of aromatic nitrogens is 2. The van der Waals surface area contributed by atoms with Gasteiger partial charge in [-0.3, -0.25) is 4.90 Å². The molecule has 2 rings (SSSR count). The van der Waals surface area contributed by atoms with E-state index in [1.54, 1.807) is 11.3 Å². The van der Waals surface area contributed by atoms with E-state index in [9.17, 15) is 0 Å². The van der Waals surface area contributed by atoms with E-state index in [0.29, 0.717) is 0 Å². The van der Waals surface area contributed by atoms with Crippen molar-refractivity contribution in [1.29, 1.82) is 0 Å².